The van der Waals surface area contributed by atoms with Crippen LogP contribution in [0.5, 0.6) is 0 Å². The average Bonchev–Trinajstić information content (AvgIpc) is 2.58. The summed E-state index contributed by atoms with van der Waals surface area (Å²) in [5.74, 6) is -0.911. The highest BCUT2D eigenvalue weighted by Gasteiger charge is 2.24. The van der Waals surface area contributed by atoms with Crippen LogP contribution in [0.3, 0.4) is 0 Å². The Labute approximate surface area is 76.7 Å². The van der Waals surface area contributed by atoms with Crippen LogP contribution in [0.4, 0.5) is 0 Å². The Morgan fingerprint density at radius 1 is 1.54 bits per heavy atom. The summed E-state index contributed by atoms with van der Waals surface area (Å²) < 4.78 is 0. The highest BCUT2D eigenvalue weighted by molar-refractivity contribution is 6.22. The van der Waals surface area contributed by atoms with Crippen LogP contribution in [0, 0.1) is 5.92 Å². The fourth-order valence-electron chi connectivity index (χ4n) is 1.67. The van der Waals surface area contributed by atoms with Gasteiger partial charge in [-0.05, 0) is 18.8 Å². The number of hydrogen-bond acceptors (Lipinski definition) is 3. The molecular formula is C9H12NO3. The van der Waals surface area contributed by atoms with Gasteiger partial charge in [0.25, 0.3) is 0 Å². The summed E-state index contributed by atoms with van der Waals surface area (Å²) in [6, 6.07) is -0.571. The number of carboxylic acids is 1. The summed E-state index contributed by atoms with van der Waals surface area (Å²) in [5, 5.41) is 8.32. The molecule has 71 valence electrons. The van der Waals surface area contributed by atoms with Crippen molar-refractivity contribution in [3.05, 3.63) is 0 Å². The molecule has 0 saturated heterocycles. The number of aliphatic carboxylic acids is 1. The van der Waals surface area contributed by atoms with Crippen molar-refractivity contribution in [1.82, 2.24) is 0 Å². The number of nitrogens with zero attached hydrogens (tertiary/aromatic N) is 1. The van der Waals surface area contributed by atoms with E-state index in [1.807, 2.05) is 0 Å². The third-order valence-corrected chi connectivity index (χ3v) is 2.31. The van der Waals surface area contributed by atoms with Gasteiger partial charge in [-0.25, -0.2) is 4.79 Å². The van der Waals surface area contributed by atoms with Crippen molar-refractivity contribution in [3.63, 3.8) is 0 Å². The van der Waals surface area contributed by atoms with Crippen LogP contribution in [0.25, 0.3) is 0 Å². The van der Waals surface area contributed by atoms with Crippen LogP contribution in [0.15, 0.2) is 4.99 Å². The molecule has 0 aromatic heterocycles. The van der Waals surface area contributed by atoms with E-state index in [2.05, 4.69) is 4.99 Å². The average molecular weight is 182 g/mol. The molecule has 1 N–H and O–H groups in total. The van der Waals surface area contributed by atoms with Gasteiger partial charge in [-0.3, -0.25) is 9.79 Å². The van der Waals surface area contributed by atoms with Crippen LogP contribution >= 0.6 is 0 Å². The zero-order chi connectivity index (χ0) is 9.68. The molecule has 1 rings (SSSR count). The van der Waals surface area contributed by atoms with Crippen molar-refractivity contribution in [2.75, 3.05) is 0 Å². The van der Waals surface area contributed by atoms with E-state index >= 15 is 0 Å². The van der Waals surface area contributed by atoms with Gasteiger partial charge < -0.3 is 5.11 Å². The molecule has 0 heterocycles. The lowest BCUT2D eigenvalue weighted by molar-refractivity contribution is -0.128. The number of carbonyl (C=O) groups is 1. The molecule has 0 aromatic carbocycles. The van der Waals surface area contributed by atoms with Gasteiger partial charge in [-0.1, -0.05) is 12.8 Å². The maximum absolute atomic E-state index is 10.5. The lowest BCUT2D eigenvalue weighted by Gasteiger charge is -2.10. The first-order chi connectivity index (χ1) is 6.24. The molecule has 0 unspecified atom stereocenters. The van der Waals surface area contributed by atoms with E-state index in [0.29, 0.717) is 0 Å². The minimum atomic E-state index is -1.11. The van der Waals surface area contributed by atoms with Crippen LogP contribution in [-0.4, -0.2) is 29.6 Å². The molecule has 1 aliphatic carbocycles. The number of carboxylic acid groups (broad SMARTS) is 1. The van der Waals surface area contributed by atoms with E-state index < -0.39 is 12.0 Å². The Morgan fingerprint density at radius 2 is 2.15 bits per heavy atom. The number of rotatable bonds is 4. The first-order valence-corrected chi connectivity index (χ1v) is 4.38. The molecule has 1 aliphatic rings. The lowest BCUT2D eigenvalue weighted by Crippen LogP contribution is -2.18. The molecule has 0 spiro atoms. The van der Waals surface area contributed by atoms with Gasteiger partial charge >= 0.3 is 5.97 Å². The van der Waals surface area contributed by atoms with E-state index in [0.717, 1.165) is 31.9 Å². The topological polar surface area (TPSA) is 66.7 Å². The molecule has 0 bridgehead atoms. The van der Waals surface area contributed by atoms with E-state index in [-0.39, 0.29) is 5.92 Å². The summed E-state index contributed by atoms with van der Waals surface area (Å²) in [6.45, 7) is 0. The van der Waals surface area contributed by atoms with Crippen LogP contribution in [0.1, 0.15) is 25.7 Å². The molecule has 13 heavy (non-hydrogen) atoms. The first kappa shape index (κ1) is 9.89. The first-order valence-electron chi connectivity index (χ1n) is 4.38. The SMILES string of the molecule is O=[C][C@@H](N=CC(=O)O)C1CCCC1. The predicted octanol–water partition coefficient (Wildman–Crippen LogP) is 0.810. The van der Waals surface area contributed by atoms with Gasteiger partial charge in [0.2, 0.25) is 6.29 Å². The Morgan fingerprint density at radius 3 is 2.62 bits per heavy atom. The standard InChI is InChI=1S/C9H12NO3/c11-6-8(10-5-9(12)13)7-3-1-2-4-7/h5,7-8H,1-4H2,(H,12,13)/t8-/m1/s1. The molecule has 4 nitrogen and oxygen atoms in total. The van der Waals surface area contributed by atoms with Gasteiger partial charge in [-0.2, -0.15) is 0 Å². The van der Waals surface area contributed by atoms with Crippen molar-refractivity contribution in [3.8, 4) is 0 Å². The Balaban J connectivity index is 2.50. The van der Waals surface area contributed by atoms with E-state index in [1.165, 1.54) is 0 Å². The Hall–Kier alpha value is -1.19. The van der Waals surface area contributed by atoms with Gasteiger partial charge in [-0.15, -0.1) is 0 Å². The highest BCUT2D eigenvalue weighted by atomic mass is 16.4. The van der Waals surface area contributed by atoms with Crippen molar-refractivity contribution in [2.24, 2.45) is 10.9 Å². The molecule has 0 amide bonds. The second-order valence-corrected chi connectivity index (χ2v) is 3.22. The molecule has 1 atom stereocenters. The molecular weight excluding hydrogens is 170 g/mol. The molecule has 1 radical (unpaired) electrons. The normalized spacial score (nSPS) is 20.6. The van der Waals surface area contributed by atoms with Crippen molar-refractivity contribution in [2.45, 2.75) is 31.7 Å². The Bertz CT molecular complexity index is 219. The monoisotopic (exact) mass is 182 g/mol. The summed E-state index contributed by atoms with van der Waals surface area (Å²) in [4.78, 5) is 24.3. The fourth-order valence-corrected chi connectivity index (χ4v) is 1.67. The van der Waals surface area contributed by atoms with Gasteiger partial charge in [0.1, 0.15) is 12.3 Å². The van der Waals surface area contributed by atoms with Crippen molar-refractivity contribution < 1.29 is 14.7 Å². The zero-order valence-electron chi connectivity index (χ0n) is 7.27. The van der Waals surface area contributed by atoms with Gasteiger partial charge in [0.15, 0.2) is 0 Å². The smallest absolute Gasteiger partial charge is 0.346 e. The number of hydrogen-bond donors (Lipinski definition) is 1. The summed E-state index contributed by atoms with van der Waals surface area (Å²) in [6.07, 6.45) is 6.69. The minimum Gasteiger partial charge on any atom is -0.477 e. The second-order valence-electron chi connectivity index (χ2n) is 3.22. The molecule has 0 aliphatic heterocycles. The van der Waals surface area contributed by atoms with E-state index in [1.54, 1.807) is 6.29 Å². The zero-order valence-corrected chi connectivity index (χ0v) is 7.27. The third kappa shape index (κ3) is 2.97. The largest absolute Gasteiger partial charge is 0.477 e. The van der Waals surface area contributed by atoms with E-state index in [9.17, 15) is 9.59 Å². The van der Waals surface area contributed by atoms with Gasteiger partial charge in [0, 0.05) is 0 Å². The molecule has 4 heteroatoms. The number of aliphatic imine (C=N–C) groups is 1. The maximum atomic E-state index is 10.5. The van der Waals surface area contributed by atoms with E-state index in [4.69, 9.17) is 5.11 Å². The van der Waals surface area contributed by atoms with Crippen molar-refractivity contribution in [1.29, 1.82) is 0 Å². The quantitative estimate of drug-likeness (QED) is 0.654. The van der Waals surface area contributed by atoms with Crippen molar-refractivity contribution >= 4 is 18.5 Å². The fraction of sp³-hybridized carbons (Fsp3) is 0.667. The predicted molar refractivity (Wildman–Crippen MR) is 47.6 cm³/mol. The van der Waals surface area contributed by atoms with Crippen LogP contribution in [-0.2, 0) is 9.59 Å². The summed E-state index contributed by atoms with van der Waals surface area (Å²) in [5.41, 5.74) is 0. The third-order valence-electron chi connectivity index (χ3n) is 2.31. The van der Waals surface area contributed by atoms with Crippen LogP contribution in [0.2, 0.25) is 0 Å². The maximum Gasteiger partial charge on any atom is 0.346 e. The lowest BCUT2D eigenvalue weighted by atomic mass is 10.0. The Kier molecular flexibility index (Phi) is 3.61. The van der Waals surface area contributed by atoms with Gasteiger partial charge in [0.05, 0.1) is 0 Å². The number of carbonyl (C=O) groups excluding carboxylic acids is 1. The molecule has 1 saturated carbocycles. The minimum absolute atomic E-state index is 0.202. The molecule has 1 fully saturated rings. The highest BCUT2D eigenvalue weighted by Crippen LogP contribution is 2.28. The summed E-state index contributed by atoms with van der Waals surface area (Å²) >= 11 is 0. The van der Waals surface area contributed by atoms with Crippen LogP contribution < -0.4 is 0 Å². The molecule has 0 aromatic rings. The summed E-state index contributed by atoms with van der Waals surface area (Å²) in [7, 11) is 0. The second kappa shape index (κ2) is 4.74.